The Labute approximate surface area is 122 Å². The predicted molar refractivity (Wildman–Crippen MR) is 76.1 cm³/mol. The lowest BCUT2D eigenvalue weighted by atomic mass is 9.86. The molecule has 1 fully saturated rings. The first-order chi connectivity index (χ1) is 9.63. The first kappa shape index (κ1) is 14.8. The Balaban J connectivity index is 1.83. The van der Waals surface area contributed by atoms with Crippen molar-refractivity contribution in [3.8, 4) is 5.75 Å². The third-order valence-corrected chi connectivity index (χ3v) is 4.54. The van der Waals surface area contributed by atoms with Gasteiger partial charge in [0.1, 0.15) is 5.75 Å². The lowest BCUT2D eigenvalue weighted by molar-refractivity contribution is -0.146. The smallest absolute Gasteiger partial charge is 0.308 e. The van der Waals surface area contributed by atoms with Gasteiger partial charge in [0, 0.05) is 17.5 Å². The molecule has 1 aliphatic carbocycles. The van der Waals surface area contributed by atoms with Crippen LogP contribution in [0, 0.1) is 5.92 Å². The number of esters is 1. The van der Waals surface area contributed by atoms with Crippen LogP contribution in [0.3, 0.4) is 0 Å². The number of amides is 1. The second kappa shape index (κ2) is 6.74. The van der Waals surface area contributed by atoms with Crippen LogP contribution in [0.15, 0.2) is 11.4 Å². The monoisotopic (exact) mass is 297 g/mol. The number of carbonyl (C=O) groups excluding carboxylic acids is 2. The number of thiophene rings is 1. The van der Waals surface area contributed by atoms with E-state index in [-0.39, 0.29) is 23.8 Å². The number of nitrogens with one attached hydrogen (secondary N) is 1. The normalized spacial score (nSPS) is 22.1. The molecule has 1 aliphatic rings. The zero-order chi connectivity index (χ0) is 14.5. The molecule has 6 heteroatoms. The summed E-state index contributed by atoms with van der Waals surface area (Å²) < 4.78 is 9.82. The molecule has 0 spiro atoms. The van der Waals surface area contributed by atoms with Gasteiger partial charge in [-0.2, -0.15) is 0 Å². The van der Waals surface area contributed by atoms with Crippen LogP contribution in [0.2, 0.25) is 0 Å². The predicted octanol–water partition coefficient (Wildman–Crippen LogP) is 2.22. The van der Waals surface area contributed by atoms with Gasteiger partial charge in [-0.05, 0) is 25.7 Å². The molecular formula is C14H19NO4S. The number of hydrogen-bond donors (Lipinski definition) is 1. The van der Waals surface area contributed by atoms with E-state index in [9.17, 15) is 9.59 Å². The number of rotatable bonds is 4. The van der Waals surface area contributed by atoms with E-state index in [0.717, 1.165) is 25.7 Å². The molecule has 0 saturated heterocycles. The van der Waals surface area contributed by atoms with Crippen molar-refractivity contribution in [1.29, 1.82) is 0 Å². The molecule has 0 atom stereocenters. The van der Waals surface area contributed by atoms with Crippen LogP contribution < -0.4 is 10.1 Å². The molecule has 20 heavy (non-hydrogen) atoms. The van der Waals surface area contributed by atoms with E-state index in [0.29, 0.717) is 10.6 Å². The maximum absolute atomic E-state index is 12.1. The summed E-state index contributed by atoms with van der Waals surface area (Å²) in [5.41, 5.74) is 0. The van der Waals surface area contributed by atoms with E-state index in [1.165, 1.54) is 18.4 Å². The van der Waals surface area contributed by atoms with Crippen LogP contribution in [0.5, 0.6) is 5.75 Å². The fourth-order valence-electron chi connectivity index (χ4n) is 2.44. The van der Waals surface area contributed by atoms with Gasteiger partial charge in [-0.1, -0.05) is 0 Å². The van der Waals surface area contributed by atoms with Crippen LogP contribution >= 0.6 is 11.3 Å². The van der Waals surface area contributed by atoms with Crippen molar-refractivity contribution in [2.45, 2.75) is 31.7 Å². The first-order valence-corrected chi connectivity index (χ1v) is 7.53. The summed E-state index contributed by atoms with van der Waals surface area (Å²) in [7, 11) is 3.00. The molecule has 1 amide bonds. The van der Waals surface area contributed by atoms with Gasteiger partial charge in [0.15, 0.2) is 0 Å². The highest BCUT2D eigenvalue weighted by Gasteiger charge is 2.27. The molecule has 0 aromatic carbocycles. The Kier molecular flexibility index (Phi) is 5.00. The molecule has 0 aliphatic heterocycles. The van der Waals surface area contributed by atoms with E-state index in [2.05, 4.69) is 5.32 Å². The Hall–Kier alpha value is -1.56. The Bertz CT molecular complexity index is 477. The third kappa shape index (κ3) is 3.50. The Morgan fingerprint density at radius 1 is 1.25 bits per heavy atom. The van der Waals surface area contributed by atoms with Crippen molar-refractivity contribution in [3.05, 3.63) is 16.3 Å². The second-order valence-corrected chi connectivity index (χ2v) is 5.81. The zero-order valence-corrected chi connectivity index (χ0v) is 12.5. The molecule has 1 aromatic heterocycles. The fourth-order valence-corrected chi connectivity index (χ4v) is 3.20. The van der Waals surface area contributed by atoms with Crippen molar-refractivity contribution in [2.24, 2.45) is 5.92 Å². The molecule has 110 valence electrons. The van der Waals surface area contributed by atoms with Gasteiger partial charge in [0.2, 0.25) is 0 Å². The summed E-state index contributed by atoms with van der Waals surface area (Å²) in [5.74, 6) is 0.474. The van der Waals surface area contributed by atoms with Gasteiger partial charge < -0.3 is 14.8 Å². The molecule has 0 radical (unpaired) electrons. The maximum Gasteiger partial charge on any atom is 0.308 e. The summed E-state index contributed by atoms with van der Waals surface area (Å²) in [6.45, 7) is 0. The summed E-state index contributed by atoms with van der Waals surface area (Å²) in [6.07, 6.45) is 3.17. The van der Waals surface area contributed by atoms with Gasteiger partial charge in [-0.25, -0.2) is 0 Å². The average molecular weight is 297 g/mol. The Morgan fingerprint density at radius 2 is 1.95 bits per heavy atom. The number of ether oxygens (including phenoxy) is 2. The molecule has 1 heterocycles. The largest absolute Gasteiger partial charge is 0.496 e. The SMILES string of the molecule is COC(=O)C1CCC(NC(=O)c2cc(OC)cs2)CC1. The van der Waals surface area contributed by atoms with Crippen LogP contribution in [-0.2, 0) is 9.53 Å². The summed E-state index contributed by atoms with van der Waals surface area (Å²) >= 11 is 1.37. The molecular weight excluding hydrogens is 278 g/mol. The van der Waals surface area contributed by atoms with Crippen molar-refractivity contribution in [3.63, 3.8) is 0 Å². The quantitative estimate of drug-likeness (QED) is 0.866. The molecule has 0 unspecified atom stereocenters. The van der Waals surface area contributed by atoms with Crippen LogP contribution in [0.25, 0.3) is 0 Å². The van der Waals surface area contributed by atoms with E-state index >= 15 is 0 Å². The zero-order valence-electron chi connectivity index (χ0n) is 11.7. The van der Waals surface area contributed by atoms with Crippen molar-refractivity contribution >= 4 is 23.2 Å². The van der Waals surface area contributed by atoms with Crippen LogP contribution in [0.4, 0.5) is 0 Å². The minimum absolute atomic E-state index is 0.0185. The highest BCUT2D eigenvalue weighted by Crippen LogP contribution is 2.26. The molecule has 1 N–H and O–H groups in total. The highest BCUT2D eigenvalue weighted by molar-refractivity contribution is 7.12. The van der Waals surface area contributed by atoms with Gasteiger partial charge in [-0.15, -0.1) is 11.3 Å². The lowest BCUT2D eigenvalue weighted by Crippen LogP contribution is -2.38. The van der Waals surface area contributed by atoms with Crippen molar-refractivity contribution in [2.75, 3.05) is 14.2 Å². The fraction of sp³-hybridized carbons (Fsp3) is 0.571. The molecule has 1 aromatic rings. The molecule has 2 rings (SSSR count). The highest BCUT2D eigenvalue weighted by atomic mass is 32.1. The van der Waals surface area contributed by atoms with E-state index in [1.54, 1.807) is 13.2 Å². The molecule has 0 bridgehead atoms. The summed E-state index contributed by atoms with van der Waals surface area (Å²) in [5, 5.41) is 4.82. The van der Waals surface area contributed by atoms with Gasteiger partial charge in [0.25, 0.3) is 5.91 Å². The topological polar surface area (TPSA) is 64.6 Å². The second-order valence-electron chi connectivity index (χ2n) is 4.90. The van der Waals surface area contributed by atoms with Crippen LogP contribution in [0.1, 0.15) is 35.4 Å². The number of hydrogen-bond acceptors (Lipinski definition) is 5. The van der Waals surface area contributed by atoms with Gasteiger partial charge in [-0.3, -0.25) is 9.59 Å². The molecule has 1 saturated carbocycles. The standard InChI is InChI=1S/C14H19NO4S/c1-18-11-7-12(20-8-11)13(16)15-10-5-3-9(4-6-10)14(17)19-2/h7-10H,3-6H2,1-2H3,(H,15,16). The van der Waals surface area contributed by atoms with Gasteiger partial charge in [0.05, 0.1) is 25.0 Å². The minimum Gasteiger partial charge on any atom is -0.496 e. The number of methoxy groups -OCH3 is 2. The summed E-state index contributed by atoms with van der Waals surface area (Å²) in [4.78, 5) is 24.1. The van der Waals surface area contributed by atoms with Crippen molar-refractivity contribution in [1.82, 2.24) is 5.32 Å². The average Bonchev–Trinajstić information content (AvgIpc) is 2.96. The van der Waals surface area contributed by atoms with E-state index < -0.39 is 0 Å². The van der Waals surface area contributed by atoms with E-state index in [1.807, 2.05) is 5.38 Å². The summed E-state index contributed by atoms with van der Waals surface area (Å²) in [6, 6.07) is 1.87. The molecule has 5 nitrogen and oxygen atoms in total. The maximum atomic E-state index is 12.1. The first-order valence-electron chi connectivity index (χ1n) is 6.65. The van der Waals surface area contributed by atoms with Gasteiger partial charge >= 0.3 is 5.97 Å². The Morgan fingerprint density at radius 3 is 2.50 bits per heavy atom. The lowest BCUT2D eigenvalue weighted by Gasteiger charge is -2.27. The van der Waals surface area contributed by atoms with E-state index in [4.69, 9.17) is 9.47 Å². The van der Waals surface area contributed by atoms with Crippen molar-refractivity contribution < 1.29 is 19.1 Å². The van der Waals surface area contributed by atoms with Crippen LogP contribution in [-0.4, -0.2) is 32.1 Å². The minimum atomic E-state index is -0.141. The third-order valence-electron chi connectivity index (χ3n) is 3.63. The number of carbonyl (C=O) groups is 2.